The molecule has 0 fully saturated rings. The Morgan fingerprint density at radius 2 is 1.43 bits per heavy atom. The van der Waals surface area contributed by atoms with Gasteiger partial charge in [0.05, 0.1) is 11.2 Å². The summed E-state index contributed by atoms with van der Waals surface area (Å²) in [6, 6.07) is 39.8. The molecule has 0 spiro atoms. The Hall–Kier alpha value is -4.10. The molecule has 0 N–H and O–H groups in total. The molecule has 3 unspecified atom stereocenters. The first kappa shape index (κ1) is 27.4. The van der Waals surface area contributed by atoms with Gasteiger partial charge in [0.1, 0.15) is 0 Å². The van der Waals surface area contributed by atoms with Gasteiger partial charge in [-0.05, 0) is 63.2 Å². The number of aryl methyl sites for hydroxylation is 1. The van der Waals surface area contributed by atoms with E-state index in [-0.39, 0.29) is 0 Å². The number of hydrogen-bond donors (Lipinski definition) is 0. The molecule has 1 heterocycles. The summed E-state index contributed by atoms with van der Waals surface area (Å²) in [4.78, 5) is 5.51. The number of pyridine rings is 1. The predicted molar refractivity (Wildman–Crippen MR) is 193 cm³/mol. The van der Waals surface area contributed by atoms with Gasteiger partial charge in [-0.1, -0.05) is 164 Å². The number of fused-ring (bicyclic) bond motifs is 6. The van der Waals surface area contributed by atoms with E-state index in [2.05, 4.69) is 153 Å². The molecule has 0 saturated heterocycles. The third-order valence-electron chi connectivity index (χ3n) is 9.64. The molecule has 214 valence electrons. The molecular weight excluding hydrogens is 569 g/mol. The Morgan fingerprint density at radius 3 is 2.25 bits per heavy atom. The van der Waals surface area contributed by atoms with Crippen molar-refractivity contribution < 1.29 is 0 Å². The minimum atomic E-state index is -2.25. The van der Waals surface area contributed by atoms with E-state index < -0.39 is 6.04 Å². The van der Waals surface area contributed by atoms with Crippen LogP contribution in [-0.2, 0) is 11.8 Å². The lowest BCUT2D eigenvalue weighted by atomic mass is 9.69. The van der Waals surface area contributed by atoms with Crippen molar-refractivity contribution in [3.05, 3.63) is 156 Å². The van der Waals surface area contributed by atoms with E-state index in [1.807, 2.05) is 0 Å². The normalized spacial score (nSPS) is 20.3. The molecule has 4 atom stereocenters. The number of aromatic nitrogens is 1. The summed E-state index contributed by atoms with van der Waals surface area (Å²) in [5, 5.41) is 7.37. The zero-order valence-electron chi connectivity index (χ0n) is 25.0. The molecule has 2 aliphatic rings. The summed E-state index contributed by atoms with van der Waals surface area (Å²) in [6.45, 7) is 4.54. The van der Waals surface area contributed by atoms with Crippen LogP contribution >= 0.6 is 6.04 Å². The number of hydrogen-bond acceptors (Lipinski definition) is 2. The van der Waals surface area contributed by atoms with Crippen LogP contribution in [0.15, 0.2) is 140 Å². The van der Waals surface area contributed by atoms with Crippen LogP contribution in [0.1, 0.15) is 42.0 Å². The van der Waals surface area contributed by atoms with Crippen molar-refractivity contribution in [1.29, 1.82) is 0 Å². The monoisotopic (exact) mass is 603 g/mol. The third kappa shape index (κ3) is 4.35. The minimum Gasteiger partial charge on any atom is -0.251 e. The Morgan fingerprint density at radius 1 is 0.705 bits per heavy atom. The van der Waals surface area contributed by atoms with E-state index in [0.29, 0.717) is 17.8 Å². The highest BCUT2D eigenvalue weighted by Crippen LogP contribution is 2.50. The van der Waals surface area contributed by atoms with E-state index in [4.69, 9.17) is 16.8 Å². The standard InChI is InChI=1S/C41H34NPS/c1-27-11-10-16-34(25-27)43(44,32-14-4-3-5-15-32)33-22-19-30(20-23-33)39-37-24-21-29-12-6-8-17-35(29)40(37)42-41-36-18-9-7-13-31(36)26-28(2)38(39)41/h3-25,28,31,36H,26H2,1-2H3/t28?,31?,36-,43?/m0/s1. The average Bonchev–Trinajstić information content (AvgIpc) is 3.07. The van der Waals surface area contributed by atoms with Crippen molar-refractivity contribution in [2.75, 3.05) is 0 Å². The van der Waals surface area contributed by atoms with Gasteiger partial charge in [0.25, 0.3) is 0 Å². The lowest BCUT2D eigenvalue weighted by Gasteiger charge is -2.36. The third-order valence-corrected chi connectivity index (χ3v) is 14.6. The van der Waals surface area contributed by atoms with Crippen molar-refractivity contribution >= 4 is 55.4 Å². The lowest BCUT2D eigenvalue weighted by Crippen LogP contribution is -2.25. The average molecular weight is 604 g/mol. The van der Waals surface area contributed by atoms with Crippen molar-refractivity contribution in [1.82, 2.24) is 4.98 Å². The zero-order chi connectivity index (χ0) is 29.8. The van der Waals surface area contributed by atoms with Gasteiger partial charge in [0.2, 0.25) is 0 Å². The van der Waals surface area contributed by atoms with E-state index in [1.54, 1.807) is 0 Å². The SMILES string of the molecule is Cc1cccc(P(=S)(c2ccccc2)c2ccc(-c3c4c(nc5c3ccc3ccccc35)[C@H]3C=CC=CC3CC4C)cc2)c1. The molecule has 1 nitrogen and oxygen atoms in total. The molecule has 1 aromatic heterocycles. The number of benzene rings is 5. The first-order valence-corrected chi connectivity index (χ1v) is 18.4. The number of allylic oxidation sites excluding steroid dienone is 4. The molecule has 3 heteroatoms. The largest absolute Gasteiger partial charge is 0.251 e. The van der Waals surface area contributed by atoms with Gasteiger partial charge in [-0.15, -0.1) is 0 Å². The summed E-state index contributed by atoms with van der Waals surface area (Å²) < 4.78 is 0. The summed E-state index contributed by atoms with van der Waals surface area (Å²) in [5.41, 5.74) is 7.57. The van der Waals surface area contributed by atoms with Crippen LogP contribution in [0.3, 0.4) is 0 Å². The van der Waals surface area contributed by atoms with Gasteiger partial charge in [0.15, 0.2) is 0 Å². The summed E-state index contributed by atoms with van der Waals surface area (Å²) in [5.74, 6) is 1.20. The fourth-order valence-corrected chi connectivity index (χ4v) is 11.3. The highest BCUT2D eigenvalue weighted by atomic mass is 32.4. The highest BCUT2D eigenvalue weighted by Gasteiger charge is 2.35. The molecule has 0 bridgehead atoms. The second kappa shape index (κ2) is 10.8. The van der Waals surface area contributed by atoms with E-state index in [0.717, 1.165) is 11.9 Å². The fourth-order valence-electron chi connectivity index (χ4n) is 7.54. The Labute approximate surface area is 265 Å². The van der Waals surface area contributed by atoms with Gasteiger partial charge >= 0.3 is 0 Å². The molecule has 0 radical (unpaired) electrons. The van der Waals surface area contributed by atoms with Crippen molar-refractivity contribution in [3.63, 3.8) is 0 Å². The summed E-state index contributed by atoms with van der Waals surface area (Å²) in [6.07, 6.45) is 10.3. The lowest BCUT2D eigenvalue weighted by molar-refractivity contribution is 0.443. The Kier molecular flexibility index (Phi) is 6.74. The molecule has 6 aromatic rings. The van der Waals surface area contributed by atoms with Gasteiger partial charge in [-0.3, -0.25) is 4.98 Å². The maximum atomic E-state index is 6.72. The van der Waals surface area contributed by atoms with Gasteiger partial charge < -0.3 is 0 Å². The van der Waals surface area contributed by atoms with Crippen LogP contribution in [0.4, 0.5) is 0 Å². The molecule has 0 saturated carbocycles. The van der Waals surface area contributed by atoms with E-state index in [1.165, 1.54) is 60.0 Å². The second-order valence-corrected chi connectivity index (χ2v) is 16.8. The predicted octanol–water partition coefficient (Wildman–Crippen LogP) is 9.45. The van der Waals surface area contributed by atoms with Gasteiger partial charge in [0, 0.05) is 22.7 Å². The minimum absolute atomic E-state index is 0.304. The van der Waals surface area contributed by atoms with Crippen LogP contribution in [0, 0.1) is 12.8 Å². The second-order valence-electron chi connectivity index (χ2n) is 12.4. The maximum absolute atomic E-state index is 6.72. The van der Waals surface area contributed by atoms with Crippen molar-refractivity contribution in [3.8, 4) is 11.1 Å². The van der Waals surface area contributed by atoms with Crippen molar-refractivity contribution in [2.24, 2.45) is 5.92 Å². The first-order valence-electron chi connectivity index (χ1n) is 15.6. The Balaban J connectivity index is 1.37. The molecule has 0 amide bonds. The number of rotatable bonds is 4. The van der Waals surface area contributed by atoms with Gasteiger partial charge in [-0.2, -0.15) is 0 Å². The molecule has 44 heavy (non-hydrogen) atoms. The summed E-state index contributed by atoms with van der Waals surface area (Å²) >= 11 is 6.72. The van der Waals surface area contributed by atoms with Gasteiger partial charge in [-0.25, -0.2) is 0 Å². The molecule has 2 aliphatic carbocycles. The molecule has 8 rings (SSSR count). The molecule has 0 aliphatic heterocycles. The summed E-state index contributed by atoms with van der Waals surface area (Å²) in [7, 11) is 0. The molecular formula is C41H34NPS. The van der Waals surface area contributed by atoms with Crippen LogP contribution in [-0.4, -0.2) is 4.98 Å². The van der Waals surface area contributed by atoms with Crippen LogP contribution in [0.5, 0.6) is 0 Å². The topological polar surface area (TPSA) is 12.9 Å². The first-order chi connectivity index (χ1) is 21.5. The highest BCUT2D eigenvalue weighted by molar-refractivity contribution is 8.25. The van der Waals surface area contributed by atoms with Crippen LogP contribution < -0.4 is 15.9 Å². The van der Waals surface area contributed by atoms with E-state index >= 15 is 0 Å². The van der Waals surface area contributed by atoms with Crippen molar-refractivity contribution in [2.45, 2.75) is 32.1 Å². The van der Waals surface area contributed by atoms with Crippen LogP contribution in [0.2, 0.25) is 0 Å². The van der Waals surface area contributed by atoms with Crippen LogP contribution in [0.25, 0.3) is 32.8 Å². The fraction of sp³-hybridized carbons (Fsp3) is 0.146. The number of nitrogens with zero attached hydrogens (tertiary/aromatic N) is 1. The quantitative estimate of drug-likeness (QED) is 0.147. The Bertz CT molecular complexity index is 2160. The van der Waals surface area contributed by atoms with E-state index in [9.17, 15) is 0 Å². The zero-order valence-corrected chi connectivity index (χ0v) is 26.7. The smallest absolute Gasteiger partial charge is 0.0790 e. The molecule has 5 aromatic carbocycles. The maximum Gasteiger partial charge on any atom is 0.0790 e.